The van der Waals surface area contributed by atoms with Crippen LogP contribution in [0.1, 0.15) is 34.9 Å². The predicted octanol–water partition coefficient (Wildman–Crippen LogP) is 3.31. The molecule has 0 saturated heterocycles. The number of nitrogens with zero attached hydrogens (tertiary/aromatic N) is 2. The van der Waals surface area contributed by atoms with Crippen LogP contribution in [0.25, 0.3) is 0 Å². The third kappa shape index (κ3) is 2.34. The van der Waals surface area contributed by atoms with Crippen LogP contribution in [-0.4, -0.2) is 14.3 Å². The highest BCUT2D eigenvalue weighted by molar-refractivity contribution is 7.90. The molecule has 7 heteroatoms. The highest BCUT2D eigenvalue weighted by atomic mass is 32.2. The van der Waals surface area contributed by atoms with Crippen molar-refractivity contribution >= 4 is 32.2 Å². The maximum Gasteiger partial charge on any atom is 0.285 e. The number of amidine groups is 1. The van der Waals surface area contributed by atoms with Gasteiger partial charge in [-0.2, -0.15) is 13.7 Å². The Morgan fingerprint density at radius 3 is 2.96 bits per heavy atom. The molecule has 5 nitrogen and oxygen atoms in total. The first-order chi connectivity index (χ1) is 11.5. The normalized spacial score (nSPS) is 20.7. The van der Waals surface area contributed by atoms with E-state index in [4.69, 9.17) is 0 Å². The van der Waals surface area contributed by atoms with Crippen molar-refractivity contribution in [1.82, 2.24) is 0 Å². The number of fused-ring (bicyclic) bond motifs is 2. The van der Waals surface area contributed by atoms with Gasteiger partial charge in [0.05, 0.1) is 5.56 Å². The van der Waals surface area contributed by atoms with E-state index in [1.165, 1.54) is 4.88 Å². The number of thiophene rings is 1. The van der Waals surface area contributed by atoms with Crippen LogP contribution < -0.4 is 5.32 Å². The van der Waals surface area contributed by atoms with Gasteiger partial charge in [0, 0.05) is 10.4 Å². The summed E-state index contributed by atoms with van der Waals surface area (Å²) in [5.74, 6) is 0.911. The van der Waals surface area contributed by atoms with Gasteiger partial charge in [0.15, 0.2) is 5.84 Å². The highest BCUT2D eigenvalue weighted by Crippen LogP contribution is 2.40. The van der Waals surface area contributed by atoms with Crippen molar-refractivity contribution in [2.75, 3.05) is 5.32 Å². The highest BCUT2D eigenvalue weighted by Gasteiger charge is 2.30. The van der Waals surface area contributed by atoms with Gasteiger partial charge in [0.25, 0.3) is 10.0 Å². The Morgan fingerprint density at radius 1 is 1.38 bits per heavy atom. The van der Waals surface area contributed by atoms with E-state index in [0.29, 0.717) is 27.9 Å². The number of hydrogen-bond donors (Lipinski definition) is 1. The molecule has 24 heavy (non-hydrogen) atoms. The molecular weight excluding hydrogens is 342 g/mol. The number of rotatable bonds is 1. The molecule has 1 aliphatic carbocycles. The zero-order valence-corrected chi connectivity index (χ0v) is 14.7. The lowest BCUT2D eigenvalue weighted by Gasteiger charge is -2.17. The molecular formula is C17H15N3O2S2. The third-order valence-electron chi connectivity index (χ3n) is 4.49. The first-order valence-electron chi connectivity index (χ1n) is 7.75. The second-order valence-corrected chi connectivity index (χ2v) is 8.88. The Labute approximate surface area is 144 Å². The van der Waals surface area contributed by atoms with Crippen LogP contribution in [0.2, 0.25) is 0 Å². The standard InChI is InChI=1S/C17H15N3O2S2/c1-10-6-7-11-13(9-18)17(23-14(11)8-10)19-16-12-4-2-3-5-15(12)24(21,22)20-16/h2-5,10H,6-8H2,1H3,(H,19,20). The van der Waals surface area contributed by atoms with Crippen molar-refractivity contribution in [3.8, 4) is 6.07 Å². The Hall–Kier alpha value is -2.17. The Kier molecular flexibility index (Phi) is 3.48. The van der Waals surface area contributed by atoms with Crippen molar-refractivity contribution in [1.29, 1.82) is 5.26 Å². The maximum atomic E-state index is 12.2. The minimum absolute atomic E-state index is 0.209. The predicted molar refractivity (Wildman–Crippen MR) is 94.0 cm³/mol. The number of nitrogens with one attached hydrogen (secondary N) is 1. The van der Waals surface area contributed by atoms with Crippen molar-refractivity contribution in [3.05, 3.63) is 45.8 Å². The lowest BCUT2D eigenvalue weighted by Crippen LogP contribution is -2.11. The molecule has 1 unspecified atom stereocenters. The molecule has 0 bridgehead atoms. The van der Waals surface area contributed by atoms with E-state index in [2.05, 4.69) is 22.7 Å². The van der Waals surface area contributed by atoms with Crippen LogP contribution in [0.15, 0.2) is 33.6 Å². The summed E-state index contributed by atoms with van der Waals surface area (Å²) in [4.78, 5) is 1.43. The molecule has 0 spiro atoms. The molecule has 2 aliphatic rings. The summed E-state index contributed by atoms with van der Waals surface area (Å²) in [6.07, 6.45) is 2.95. The lowest BCUT2D eigenvalue weighted by atomic mass is 9.88. The van der Waals surface area contributed by atoms with E-state index < -0.39 is 10.0 Å². The molecule has 122 valence electrons. The molecule has 1 aromatic heterocycles. The minimum Gasteiger partial charge on any atom is -0.330 e. The first kappa shape index (κ1) is 15.4. The van der Waals surface area contributed by atoms with E-state index in [0.717, 1.165) is 24.8 Å². The third-order valence-corrected chi connectivity index (χ3v) is 6.99. The van der Waals surface area contributed by atoms with Crippen LogP contribution in [0.5, 0.6) is 0 Å². The summed E-state index contributed by atoms with van der Waals surface area (Å²) in [6.45, 7) is 2.21. The van der Waals surface area contributed by atoms with E-state index in [1.54, 1.807) is 35.6 Å². The van der Waals surface area contributed by atoms with E-state index in [1.807, 2.05) is 0 Å². The SMILES string of the molecule is CC1CCc2c(sc(NC3=NS(=O)(=O)c4ccccc43)c2C#N)C1. The smallest absolute Gasteiger partial charge is 0.285 e. The average molecular weight is 357 g/mol. The molecule has 1 aliphatic heterocycles. The number of hydrogen-bond acceptors (Lipinski definition) is 5. The number of sulfonamides is 1. The van der Waals surface area contributed by atoms with Gasteiger partial charge in [-0.1, -0.05) is 19.1 Å². The van der Waals surface area contributed by atoms with Crippen LogP contribution in [0, 0.1) is 17.2 Å². The lowest BCUT2D eigenvalue weighted by molar-refractivity contribution is 0.507. The molecule has 1 atom stereocenters. The summed E-state index contributed by atoms with van der Waals surface area (Å²) in [5.41, 5.74) is 2.30. The molecule has 1 aromatic carbocycles. The Balaban J connectivity index is 1.77. The fourth-order valence-corrected chi connectivity index (χ4v) is 5.80. The van der Waals surface area contributed by atoms with Gasteiger partial charge in [-0.05, 0) is 42.9 Å². The molecule has 2 aromatic rings. The molecule has 0 radical (unpaired) electrons. The Bertz CT molecular complexity index is 1010. The summed E-state index contributed by atoms with van der Waals surface area (Å²) in [5, 5.41) is 13.4. The van der Waals surface area contributed by atoms with Crippen LogP contribution >= 0.6 is 11.3 Å². The molecule has 0 fully saturated rings. The average Bonchev–Trinajstić information content (AvgIpc) is 3.02. The van der Waals surface area contributed by atoms with E-state index in [-0.39, 0.29) is 4.90 Å². The van der Waals surface area contributed by atoms with Crippen molar-refractivity contribution < 1.29 is 8.42 Å². The van der Waals surface area contributed by atoms with Crippen LogP contribution in [-0.2, 0) is 22.9 Å². The summed E-state index contributed by atoms with van der Waals surface area (Å²) in [7, 11) is -3.66. The van der Waals surface area contributed by atoms with Crippen LogP contribution in [0.4, 0.5) is 5.00 Å². The fourth-order valence-electron chi connectivity index (χ4n) is 3.26. The molecule has 4 rings (SSSR count). The monoisotopic (exact) mass is 357 g/mol. The number of benzene rings is 1. The van der Waals surface area contributed by atoms with Gasteiger partial charge in [0.1, 0.15) is 16.0 Å². The molecule has 1 N–H and O–H groups in total. The minimum atomic E-state index is -3.66. The quantitative estimate of drug-likeness (QED) is 0.849. The Morgan fingerprint density at radius 2 is 2.17 bits per heavy atom. The molecule has 2 heterocycles. The maximum absolute atomic E-state index is 12.2. The number of anilines is 1. The first-order valence-corrected chi connectivity index (χ1v) is 10.0. The van der Waals surface area contributed by atoms with Gasteiger partial charge in [-0.3, -0.25) is 0 Å². The molecule has 0 amide bonds. The van der Waals surface area contributed by atoms with Crippen molar-refractivity contribution in [2.45, 2.75) is 31.1 Å². The largest absolute Gasteiger partial charge is 0.330 e. The van der Waals surface area contributed by atoms with Crippen molar-refractivity contribution in [3.63, 3.8) is 0 Å². The summed E-state index contributed by atoms with van der Waals surface area (Å²) < 4.78 is 28.2. The van der Waals surface area contributed by atoms with Gasteiger partial charge in [-0.15, -0.1) is 15.7 Å². The topological polar surface area (TPSA) is 82.3 Å². The fraction of sp³-hybridized carbons (Fsp3) is 0.294. The summed E-state index contributed by atoms with van der Waals surface area (Å²) in [6, 6.07) is 9.02. The van der Waals surface area contributed by atoms with Gasteiger partial charge < -0.3 is 5.32 Å². The molecule has 0 saturated carbocycles. The van der Waals surface area contributed by atoms with E-state index >= 15 is 0 Å². The second kappa shape index (κ2) is 5.43. The van der Waals surface area contributed by atoms with Crippen molar-refractivity contribution in [2.24, 2.45) is 10.3 Å². The van der Waals surface area contributed by atoms with Gasteiger partial charge in [0.2, 0.25) is 0 Å². The van der Waals surface area contributed by atoms with Gasteiger partial charge >= 0.3 is 0 Å². The summed E-state index contributed by atoms with van der Waals surface area (Å²) >= 11 is 1.54. The van der Waals surface area contributed by atoms with E-state index in [9.17, 15) is 13.7 Å². The zero-order chi connectivity index (χ0) is 16.9. The second-order valence-electron chi connectivity index (χ2n) is 6.20. The zero-order valence-electron chi connectivity index (χ0n) is 13.0. The number of nitriles is 1. The van der Waals surface area contributed by atoms with Crippen LogP contribution in [0.3, 0.4) is 0 Å². The van der Waals surface area contributed by atoms with Gasteiger partial charge in [-0.25, -0.2) is 0 Å².